The van der Waals surface area contributed by atoms with Gasteiger partial charge >= 0.3 is 0 Å². The minimum atomic E-state index is -1.02. The molecule has 0 spiro atoms. The molecule has 0 aliphatic carbocycles. The molecule has 3 N–H and O–H groups in total. The van der Waals surface area contributed by atoms with E-state index in [4.69, 9.17) is 17.3 Å². The average Bonchev–Trinajstić information content (AvgIpc) is 2.72. The number of amides is 2. The van der Waals surface area contributed by atoms with Crippen LogP contribution in [0.2, 0.25) is 5.02 Å². The molecule has 0 unspecified atom stereocenters. The van der Waals surface area contributed by atoms with Crippen LogP contribution in [0.4, 0.5) is 14.5 Å². The molecule has 2 atom stereocenters. The second kappa shape index (κ2) is 9.51. The quantitative estimate of drug-likeness (QED) is 0.730. The van der Waals surface area contributed by atoms with Crippen molar-refractivity contribution in [3.63, 3.8) is 0 Å². The van der Waals surface area contributed by atoms with Gasteiger partial charge in [-0.1, -0.05) is 23.7 Å². The second-order valence-corrected chi connectivity index (χ2v) is 7.66. The zero-order valence-corrected chi connectivity index (χ0v) is 17.2. The first kappa shape index (κ1) is 22.1. The van der Waals surface area contributed by atoms with E-state index in [1.54, 1.807) is 31.2 Å². The van der Waals surface area contributed by atoms with E-state index < -0.39 is 29.6 Å². The highest BCUT2D eigenvalue weighted by atomic mass is 35.5. The van der Waals surface area contributed by atoms with Crippen LogP contribution < -0.4 is 11.1 Å². The van der Waals surface area contributed by atoms with Crippen LogP contribution in [0, 0.1) is 11.6 Å². The van der Waals surface area contributed by atoms with Gasteiger partial charge in [-0.05, 0) is 36.8 Å². The Bertz CT molecular complexity index is 918. The molecule has 3 rings (SSSR count). The summed E-state index contributed by atoms with van der Waals surface area (Å²) in [5, 5.41) is 3.18. The van der Waals surface area contributed by atoms with E-state index in [0.717, 1.165) is 17.7 Å². The van der Waals surface area contributed by atoms with E-state index >= 15 is 0 Å². The van der Waals surface area contributed by atoms with Gasteiger partial charge in [0, 0.05) is 43.0 Å². The molecule has 2 aromatic rings. The minimum absolute atomic E-state index is 0.195. The third-order valence-corrected chi connectivity index (χ3v) is 5.54. The molecule has 0 bridgehead atoms. The Morgan fingerprint density at radius 1 is 1.00 bits per heavy atom. The number of hydrogen-bond acceptors (Lipinski definition) is 4. The maximum absolute atomic E-state index is 13.3. The lowest BCUT2D eigenvalue weighted by atomic mass is 10.0. The largest absolute Gasteiger partial charge is 0.368 e. The van der Waals surface area contributed by atoms with Crippen molar-refractivity contribution in [2.75, 3.05) is 31.5 Å². The number of carbonyl (C=O) groups is 2. The predicted octanol–water partition coefficient (Wildman–Crippen LogP) is 2.79. The number of primary amides is 1. The molecule has 160 valence electrons. The summed E-state index contributed by atoms with van der Waals surface area (Å²) in [7, 11) is 0. The molecule has 1 aliphatic heterocycles. The van der Waals surface area contributed by atoms with Crippen molar-refractivity contribution in [1.82, 2.24) is 9.80 Å². The molecule has 6 nitrogen and oxygen atoms in total. The standard InChI is InChI=1S/C21H23ClF2N4O2/c1-13(21(30)26-16-6-7-17(23)18(24)12-16)27-8-10-28(11-9-27)19(20(25)29)14-2-4-15(22)5-3-14/h2-7,12-13,19H,8-11H2,1H3,(H2,25,29)(H,26,30)/t13-,19+/m1/s1. The summed E-state index contributed by atoms with van der Waals surface area (Å²) in [6.45, 7) is 3.92. The van der Waals surface area contributed by atoms with E-state index in [-0.39, 0.29) is 11.6 Å². The van der Waals surface area contributed by atoms with Gasteiger partial charge < -0.3 is 11.1 Å². The van der Waals surface area contributed by atoms with Gasteiger partial charge in [-0.2, -0.15) is 0 Å². The lowest BCUT2D eigenvalue weighted by molar-refractivity contribution is -0.126. The molecule has 0 radical (unpaired) electrons. The number of anilines is 1. The highest BCUT2D eigenvalue weighted by Gasteiger charge is 2.32. The number of nitrogens with two attached hydrogens (primary N) is 1. The van der Waals surface area contributed by atoms with E-state index in [0.29, 0.717) is 31.2 Å². The lowest BCUT2D eigenvalue weighted by Crippen LogP contribution is -2.54. The van der Waals surface area contributed by atoms with Crippen LogP contribution in [-0.4, -0.2) is 53.8 Å². The molecule has 0 aromatic heterocycles. The van der Waals surface area contributed by atoms with Crippen molar-refractivity contribution < 1.29 is 18.4 Å². The Hall–Kier alpha value is -2.55. The molecule has 2 aromatic carbocycles. The van der Waals surface area contributed by atoms with Crippen molar-refractivity contribution >= 4 is 29.1 Å². The Balaban J connectivity index is 1.60. The molecule has 0 saturated carbocycles. The van der Waals surface area contributed by atoms with E-state index in [9.17, 15) is 18.4 Å². The number of piperazine rings is 1. The number of hydrogen-bond donors (Lipinski definition) is 2. The molecular weight excluding hydrogens is 414 g/mol. The van der Waals surface area contributed by atoms with Crippen molar-refractivity contribution in [3.05, 3.63) is 64.7 Å². The summed E-state index contributed by atoms with van der Waals surface area (Å²) in [6, 6.07) is 9.16. The van der Waals surface area contributed by atoms with Gasteiger partial charge in [-0.15, -0.1) is 0 Å². The Labute approximate surface area is 178 Å². The van der Waals surface area contributed by atoms with Gasteiger partial charge in [-0.25, -0.2) is 8.78 Å². The Kier molecular flexibility index (Phi) is 7.02. The predicted molar refractivity (Wildman–Crippen MR) is 111 cm³/mol. The van der Waals surface area contributed by atoms with Crippen LogP contribution in [0.3, 0.4) is 0 Å². The number of carbonyl (C=O) groups excluding carboxylic acids is 2. The van der Waals surface area contributed by atoms with Gasteiger partial charge in [0.1, 0.15) is 6.04 Å². The average molecular weight is 437 g/mol. The summed E-state index contributed by atoms with van der Waals surface area (Å²) in [5.74, 6) is -2.76. The zero-order chi connectivity index (χ0) is 21.8. The van der Waals surface area contributed by atoms with Crippen LogP contribution in [0.5, 0.6) is 0 Å². The van der Waals surface area contributed by atoms with Crippen molar-refractivity contribution in [2.45, 2.75) is 19.0 Å². The van der Waals surface area contributed by atoms with Crippen molar-refractivity contribution in [2.24, 2.45) is 5.73 Å². The fourth-order valence-electron chi connectivity index (χ4n) is 3.57. The van der Waals surface area contributed by atoms with Gasteiger partial charge in [0.15, 0.2) is 11.6 Å². The third-order valence-electron chi connectivity index (χ3n) is 5.28. The third kappa shape index (κ3) is 5.13. The molecule has 2 amide bonds. The molecular formula is C21H23ClF2N4O2. The highest BCUT2D eigenvalue weighted by Crippen LogP contribution is 2.24. The van der Waals surface area contributed by atoms with Crippen molar-refractivity contribution in [3.8, 4) is 0 Å². The fraction of sp³-hybridized carbons (Fsp3) is 0.333. The molecule has 1 fully saturated rings. The van der Waals surface area contributed by atoms with Crippen LogP contribution in [0.1, 0.15) is 18.5 Å². The first-order valence-electron chi connectivity index (χ1n) is 9.55. The van der Waals surface area contributed by atoms with Gasteiger partial charge in [0.25, 0.3) is 0 Å². The number of nitrogens with one attached hydrogen (secondary N) is 1. The topological polar surface area (TPSA) is 78.7 Å². The number of benzene rings is 2. The number of nitrogens with zero attached hydrogens (tertiary/aromatic N) is 2. The lowest BCUT2D eigenvalue weighted by Gasteiger charge is -2.40. The monoisotopic (exact) mass is 436 g/mol. The number of rotatable bonds is 6. The second-order valence-electron chi connectivity index (χ2n) is 7.22. The first-order chi connectivity index (χ1) is 14.3. The van der Waals surface area contributed by atoms with Gasteiger partial charge in [-0.3, -0.25) is 19.4 Å². The maximum atomic E-state index is 13.3. The summed E-state index contributed by atoms with van der Waals surface area (Å²) in [6.07, 6.45) is 0. The fourth-order valence-corrected chi connectivity index (χ4v) is 3.70. The highest BCUT2D eigenvalue weighted by molar-refractivity contribution is 6.30. The van der Waals surface area contributed by atoms with Crippen LogP contribution in [-0.2, 0) is 9.59 Å². The van der Waals surface area contributed by atoms with Crippen molar-refractivity contribution in [1.29, 1.82) is 0 Å². The molecule has 1 saturated heterocycles. The van der Waals surface area contributed by atoms with E-state index in [2.05, 4.69) is 5.32 Å². The summed E-state index contributed by atoms with van der Waals surface area (Å²) in [5.41, 5.74) is 6.60. The summed E-state index contributed by atoms with van der Waals surface area (Å²) < 4.78 is 26.4. The molecule has 1 aliphatic rings. The van der Waals surface area contributed by atoms with Gasteiger partial charge in [0.2, 0.25) is 11.8 Å². The van der Waals surface area contributed by atoms with Crippen LogP contribution in [0.15, 0.2) is 42.5 Å². The normalized spacial score (nSPS) is 17.3. The summed E-state index contributed by atoms with van der Waals surface area (Å²) in [4.78, 5) is 28.5. The first-order valence-corrected chi connectivity index (χ1v) is 9.93. The number of halogens is 3. The van der Waals surface area contributed by atoms with E-state index in [1.807, 2.05) is 9.80 Å². The summed E-state index contributed by atoms with van der Waals surface area (Å²) >= 11 is 5.93. The zero-order valence-electron chi connectivity index (χ0n) is 16.4. The van der Waals surface area contributed by atoms with Crippen LogP contribution >= 0.6 is 11.6 Å². The van der Waals surface area contributed by atoms with Crippen LogP contribution in [0.25, 0.3) is 0 Å². The SMILES string of the molecule is C[C@H](C(=O)Nc1ccc(F)c(F)c1)N1CCN([C@H](C(N)=O)c2ccc(Cl)cc2)CC1. The minimum Gasteiger partial charge on any atom is -0.368 e. The molecule has 1 heterocycles. The van der Waals surface area contributed by atoms with E-state index in [1.165, 1.54) is 6.07 Å². The Morgan fingerprint density at radius 3 is 2.17 bits per heavy atom. The smallest absolute Gasteiger partial charge is 0.241 e. The van der Waals surface area contributed by atoms with Gasteiger partial charge in [0.05, 0.1) is 6.04 Å². The molecule has 9 heteroatoms. The maximum Gasteiger partial charge on any atom is 0.241 e. The Morgan fingerprint density at radius 2 is 1.60 bits per heavy atom. The molecule has 30 heavy (non-hydrogen) atoms.